The number of carbonyl (C=O) groups is 3. The molecule has 3 aliphatic rings. The van der Waals surface area contributed by atoms with Crippen molar-refractivity contribution in [1.82, 2.24) is 10.2 Å². The summed E-state index contributed by atoms with van der Waals surface area (Å²) in [6.45, 7) is 6.46. The second-order valence-corrected chi connectivity index (χ2v) is 12.7. The van der Waals surface area contributed by atoms with E-state index in [1.807, 2.05) is 63.2 Å². The maximum atomic E-state index is 14.1. The average molecular weight is 524 g/mol. The molecular weight excluding hydrogens is 486 g/mol. The Morgan fingerprint density at radius 3 is 2.62 bits per heavy atom. The van der Waals surface area contributed by atoms with Gasteiger partial charge < -0.3 is 20.6 Å². The summed E-state index contributed by atoms with van der Waals surface area (Å²) in [5.74, 6) is -1.25. The lowest BCUT2D eigenvalue weighted by Gasteiger charge is -2.37. The van der Waals surface area contributed by atoms with Gasteiger partial charge in [0.25, 0.3) is 0 Å². The Bertz CT molecular complexity index is 1200. The van der Waals surface area contributed by atoms with E-state index in [1.165, 1.54) is 0 Å². The van der Waals surface area contributed by atoms with Crippen LogP contribution in [0.4, 0.5) is 5.69 Å². The van der Waals surface area contributed by atoms with Gasteiger partial charge in [0.05, 0.1) is 29.2 Å². The highest BCUT2D eigenvalue weighted by molar-refractivity contribution is 8.02. The summed E-state index contributed by atoms with van der Waals surface area (Å²) in [7, 11) is 0. The summed E-state index contributed by atoms with van der Waals surface area (Å²) in [4.78, 5) is 43.1. The van der Waals surface area contributed by atoms with Crippen LogP contribution >= 0.6 is 11.8 Å². The second kappa shape index (κ2) is 10.3. The first-order chi connectivity index (χ1) is 17.8. The van der Waals surface area contributed by atoms with E-state index in [4.69, 9.17) is 0 Å². The fraction of sp³-hybridized carbons (Fsp3) is 0.552. The predicted molar refractivity (Wildman–Crippen MR) is 147 cm³/mol. The molecule has 3 aliphatic heterocycles. The Morgan fingerprint density at radius 1 is 1.16 bits per heavy atom. The molecule has 0 aromatic heterocycles. The normalized spacial score (nSPS) is 29.1. The number of aliphatic hydroxyl groups is 1. The quantitative estimate of drug-likeness (QED) is 0.464. The van der Waals surface area contributed by atoms with E-state index in [0.29, 0.717) is 25.1 Å². The molecule has 8 heteroatoms. The van der Waals surface area contributed by atoms with Crippen molar-refractivity contribution in [3.8, 4) is 0 Å². The molecule has 3 fully saturated rings. The molecule has 0 aliphatic carbocycles. The monoisotopic (exact) mass is 523 g/mol. The van der Waals surface area contributed by atoms with Crippen molar-refractivity contribution in [3.63, 3.8) is 0 Å². The first kappa shape index (κ1) is 26.0. The molecule has 3 heterocycles. The van der Waals surface area contributed by atoms with E-state index >= 15 is 0 Å². The number of likely N-dealkylation sites (tertiary alicyclic amines) is 1. The number of hydrogen-bond donors (Lipinski definition) is 3. The van der Waals surface area contributed by atoms with Gasteiger partial charge in [-0.3, -0.25) is 14.4 Å². The van der Waals surface area contributed by atoms with Crippen LogP contribution in [-0.4, -0.2) is 63.0 Å². The zero-order chi connectivity index (χ0) is 26.3. The summed E-state index contributed by atoms with van der Waals surface area (Å²) in [5.41, 5.74) is 0.676. The third-order valence-corrected chi connectivity index (χ3v) is 10.2. The summed E-state index contributed by atoms with van der Waals surface area (Å²) >= 11 is 1.66. The molecule has 0 radical (unpaired) electrons. The minimum absolute atomic E-state index is 0.0293. The van der Waals surface area contributed by atoms with Crippen LogP contribution in [-0.2, 0) is 14.4 Å². The van der Waals surface area contributed by atoms with Gasteiger partial charge in [0.1, 0.15) is 6.04 Å². The third kappa shape index (κ3) is 4.42. The number of carbonyl (C=O) groups excluding carboxylic acids is 3. The molecule has 6 atom stereocenters. The molecule has 2 aromatic carbocycles. The molecule has 2 unspecified atom stereocenters. The van der Waals surface area contributed by atoms with Gasteiger partial charge in [0.2, 0.25) is 17.7 Å². The minimum atomic E-state index is -0.744. The lowest BCUT2D eigenvalue weighted by atomic mass is 9.70. The molecule has 198 valence electrons. The smallest absolute Gasteiger partial charge is 0.248 e. The van der Waals surface area contributed by atoms with E-state index in [-0.39, 0.29) is 35.5 Å². The zero-order valence-corrected chi connectivity index (χ0v) is 22.6. The Kier molecular flexibility index (Phi) is 7.24. The van der Waals surface area contributed by atoms with Crippen LogP contribution < -0.4 is 10.6 Å². The molecule has 3 amide bonds. The van der Waals surface area contributed by atoms with Crippen LogP contribution in [0.3, 0.4) is 0 Å². The molecule has 3 N–H and O–H groups in total. The first-order valence-corrected chi connectivity index (χ1v) is 14.4. The summed E-state index contributed by atoms with van der Waals surface area (Å²) in [6, 6.07) is 12.6. The van der Waals surface area contributed by atoms with Crippen LogP contribution in [0.1, 0.15) is 46.5 Å². The van der Waals surface area contributed by atoms with Crippen molar-refractivity contribution in [2.45, 2.75) is 68.5 Å². The largest absolute Gasteiger partial charge is 0.394 e. The highest BCUT2D eigenvalue weighted by Crippen LogP contribution is 2.66. The summed E-state index contributed by atoms with van der Waals surface area (Å²) < 4.78 is -0.665. The molecule has 7 nitrogen and oxygen atoms in total. The fourth-order valence-electron chi connectivity index (χ4n) is 6.75. The van der Waals surface area contributed by atoms with E-state index in [2.05, 4.69) is 10.6 Å². The molecular formula is C29H37N3O4S. The number of hydrogen-bond acceptors (Lipinski definition) is 5. The van der Waals surface area contributed by atoms with E-state index in [9.17, 15) is 19.5 Å². The number of nitrogens with zero attached hydrogens (tertiary/aromatic N) is 1. The number of benzene rings is 2. The van der Waals surface area contributed by atoms with Gasteiger partial charge in [-0.25, -0.2) is 0 Å². The Labute approximate surface area is 222 Å². The van der Waals surface area contributed by atoms with Gasteiger partial charge >= 0.3 is 0 Å². The van der Waals surface area contributed by atoms with Gasteiger partial charge in [0, 0.05) is 17.5 Å². The van der Waals surface area contributed by atoms with Crippen LogP contribution in [0.2, 0.25) is 0 Å². The fourth-order valence-corrected chi connectivity index (χ4v) is 8.95. The SMILES string of the molecule is CCCNC(=O)[C@@H]1[C@@H]2CCC3(S2)C(C(=O)Nc2ccc4ccccc4c2)N([C@@H](CO)CC(C)C)C(=O)[C@H]13. The highest BCUT2D eigenvalue weighted by Gasteiger charge is 2.74. The third-order valence-electron chi connectivity index (χ3n) is 8.20. The number of amides is 3. The molecule has 0 saturated carbocycles. The number of anilines is 1. The topological polar surface area (TPSA) is 98.7 Å². The van der Waals surface area contributed by atoms with Crippen molar-refractivity contribution in [3.05, 3.63) is 42.5 Å². The minimum Gasteiger partial charge on any atom is -0.394 e. The number of nitrogens with one attached hydrogen (secondary N) is 2. The van der Waals surface area contributed by atoms with Crippen molar-refractivity contribution in [2.24, 2.45) is 17.8 Å². The van der Waals surface area contributed by atoms with Crippen LogP contribution in [0.15, 0.2) is 42.5 Å². The molecule has 2 bridgehead atoms. The highest BCUT2D eigenvalue weighted by atomic mass is 32.2. The van der Waals surface area contributed by atoms with Gasteiger partial charge in [-0.2, -0.15) is 0 Å². The molecule has 3 saturated heterocycles. The van der Waals surface area contributed by atoms with Gasteiger partial charge in [0.15, 0.2) is 0 Å². The summed E-state index contributed by atoms with van der Waals surface area (Å²) in [6.07, 6.45) is 2.93. The summed E-state index contributed by atoms with van der Waals surface area (Å²) in [5, 5.41) is 18.6. The Morgan fingerprint density at radius 2 is 1.92 bits per heavy atom. The molecule has 37 heavy (non-hydrogen) atoms. The lowest BCUT2D eigenvalue weighted by Crippen LogP contribution is -2.55. The predicted octanol–water partition coefficient (Wildman–Crippen LogP) is 3.80. The first-order valence-electron chi connectivity index (χ1n) is 13.5. The van der Waals surface area contributed by atoms with Gasteiger partial charge in [-0.15, -0.1) is 11.8 Å². The maximum Gasteiger partial charge on any atom is 0.248 e. The molecule has 5 rings (SSSR count). The van der Waals surface area contributed by atoms with Crippen molar-refractivity contribution >= 4 is 45.9 Å². The standard InChI is InChI=1S/C29H37N3O4S/c1-4-13-30-26(34)23-22-11-12-29(37-22)24(23)28(36)32(21(16-33)14-17(2)3)25(29)27(35)31-20-10-9-18-7-5-6-8-19(18)15-20/h5-10,15,17,21-25,33H,4,11-14,16H2,1-3H3,(H,30,34)(H,31,35)/t21-,22+,23-,24+,25?,29?/m1/s1. The Balaban J connectivity index is 1.51. The molecule has 2 aromatic rings. The van der Waals surface area contributed by atoms with Crippen molar-refractivity contribution < 1.29 is 19.5 Å². The van der Waals surface area contributed by atoms with Crippen LogP contribution in [0.25, 0.3) is 10.8 Å². The maximum absolute atomic E-state index is 14.1. The number of rotatable bonds is 9. The lowest BCUT2D eigenvalue weighted by molar-refractivity contribution is -0.142. The van der Waals surface area contributed by atoms with Crippen LogP contribution in [0, 0.1) is 17.8 Å². The van der Waals surface area contributed by atoms with Gasteiger partial charge in [-0.05, 0) is 54.5 Å². The number of fused-ring (bicyclic) bond motifs is 2. The van der Waals surface area contributed by atoms with E-state index in [1.54, 1.807) is 16.7 Å². The van der Waals surface area contributed by atoms with E-state index < -0.39 is 28.7 Å². The van der Waals surface area contributed by atoms with E-state index in [0.717, 1.165) is 23.6 Å². The number of thioether (sulfide) groups is 1. The van der Waals surface area contributed by atoms with Crippen molar-refractivity contribution in [2.75, 3.05) is 18.5 Å². The van der Waals surface area contributed by atoms with Crippen molar-refractivity contribution in [1.29, 1.82) is 0 Å². The van der Waals surface area contributed by atoms with Crippen LogP contribution in [0.5, 0.6) is 0 Å². The second-order valence-electron chi connectivity index (χ2n) is 11.1. The number of aliphatic hydroxyl groups excluding tert-OH is 1. The van der Waals surface area contributed by atoms with Gasteiger partial charge in [-0.1, -0.05) is 51.1 Å². The zero-order valence-electron chi connectivity index (χ0n) is 21.8. The molecule has 1 spiro atoms. The Hall–Kier alpha value is -2.58. The average Bonchev–Trinajstić information content (AvgIpc) is 3.53.